The Bertz CT molecular complexity index is 1550. The van der Waals surface area contributed by atoms with Crippen LogP contribution in [-0.2, 0) is 0 Å². The molecule has 0 aromatic rings. The van der Waals surface area contributed by atoms with E-state index in [2.05, 4.69) is 86.1 Å². The second kappa shape index (κ2) is 8.49. The van der Waals surface area contributed by atoms with Crippen molar-refractivity contribution >= 4 is 7.85 Å². The number of aliphatic hydroxyl groups excluding tert-OH is 1. The Balaban J connectivity index is 0.733. The Labute approximate surface area is 294 Å². The highest BCUT2D eigenvalue weighted by Gasteiger charge is 3.01. The third-order valence-electron chi connectivity index (χ3n) is 22.7. The minimum absolute atomic E-state index is 0.0590. The van der Waals surface area contributed by atoms with Crippen molar-refractivity contribution in [2.45, 2.75) is 99.9 Å². The van der Waals surface area contributed by atoms with Crippen LogP contribution in [0.25, 0.3) is 0 Å². The van der Waals surface area contributed by atoms with Gasteiger partial charge in [-0.05, 0) is 173 Å². The summed E-state index contributed by atoms with van der Waals surface area (Å²) in [5, 5.41) is 11.4. The molecule has 12 rings (SSSR count). The van der Waals surface area contributed by atoms with Crippen LogP contribution in [0, 0.1) is 158 Å². The zero-order chi connectivity index (χ0) is 33.2. The van der Waals surface area contributed by atoms with Crippen molar-refractivity contribution in [3.8, 4) is 0 Å². The first-order chi connectivity index (χ1) is 22.8. The molecule has 12 aliphatic carbocycles. The maximum atomic E-state index is 11.4. The van der Waals surface area contributed by atoms with Crippen LogP contribution in [0.5, 0.6) is 0 Å². The molecule has 12 aliphatic rings. The Morgan fingerprint density at radius 2 is 1.50 bits per heavy atom. The van der Waals surface area contributed by atoms with E-state index in [1.54, 1.807) is 6.42 Å². The minimum atomic E-state index is -0.0590. The molecule has 0 bridgehead atoms. The molecule has 1 N–H and O–H groups in total. The van der Waals surface area contributed by atoms with Crippen molar-refractivity contribution < 1.29 is 5.11 Å². The molecule has 0 aromatic carbocycles. The highest BCUT2D eigenvalue weighted by Crippen LogP contribution is 3.06. The highest BCUT2D eigenvalue weighted by molar-refractivity contribution is 6.13. The summed E-state index contributed by atoms with van der Waals surface area (Å²) in [5.41, 5.74) is 5.69. The number of hydrogen-bond acceptors (Lipinski definition) is 1. The molecule has 258 valence electrons. The zero-order valence-electron chi connectivity index (χ0n) is 31.6. The van der Waals surface area contributed by atoms with Crippen LogP contribution >= 0.6 is 0 Å². The van der Waals surface area contributed by atoms with E-state index in [4.69, 9.17) is 7.85 Å². The van der Waals surface area contributed by atoms with E-state index >= 15 is 0 Å². The SMILES string of the molecule is [B]C1C2C(C3C4C(CC4[C@@]4(C)C(O)C4C(C)C(C)C(C)C)[C@@H]23)C1C1(C2=C3C2C24C5C6CC(C(C)[C@@H](C)C(C)C(C)C=C)C6[C@H]5[C@@H]2C34)CC1. The van der Waals surface area contributed by atoms with Gasteiger partial charge < -0.3 is 5.11 Å². The van der Waals surface area contributed by atoms with Gasteiger partial charge in [0.15, 0.2) is 0 Å². The van der Waals surface area contributed by atoms with Gasteiger partial charge in [0.1, 0.15) is 0 Å². The second-order valence-corrected chi connectivity index (χ2v) is 22.7. The standard InChI is InChI=1S/C46H65BO/c1-11-17(4)19(6)20(7)21(8)23-14-25-27(23)33-36(25)46-38(33)40(46)34-37(39(34)46)45(12-13-45)41-31-30-28-24(29(30)32(31)42(41)47)15-26(28)44(10)35(43(44)48)22(9)18(5)16(2)3/h11,16-33,35-36,38-43,48H,1,12-15H2,2-10H3/t17?,18?,19?,20-,21?,22?,23?,24?,25?,26?,27?,28?,29+,30?,31?,32?,33+,35?,36?,38+,39?,40?,41?,42?,43?,44+,46?/m0/s1. The fourth-order valence-corrected chi connectivity index (χ4v) is 19.3. The molecule has 2 radical (unpaired) electrons. The Morgan fingerprint density at radius 3 is 2.17 bits per heavy atom. The van der Waals surface area contributed by atoms with Gasteiger partial charge in [-0.15, -0.1) is 6.58 Å². The van der Waals surface area contributed by atoms with E-state index in [9.17, 15) is 5.11 Å². The summed E-state index contributed by atoms with van der Waals surface area (Å²) < 4.78 is 0. The molecule has 0 aromatic heterocycles. The molecule has 1 nitrogen and oxygen atoms in total. The predicted molar refractivity (Wildman–Crippen MR) is 193 cm³/mol. The molecule has 0 saturated heterocycles. The van der Waals surface area contributed by atoms with Crippen molar-refractivity contribution in [3.05, 3.63) is 23.8 Å². The molecule has 2 heteroatoms. The first-order valence-corrected chi connectivity index (χ1v) is 21.6. The molecule has 22 unspecified atom stereocenters. The topological polar surface area (TPSA) is 20.2 Å². The lowest BCUT2D eigenvalue weighted by molar-refractivity contribution is -0.345. The van der Waals surface area contributed by atoms with Crippen molar-refractivity contribution in [2.24, 2.45) is 158 Å². The third-order valence-corrected chi connectivity index (χ3v) is 22.7. The molecule has 11 fully saturated rings. The summed E-state index contributed by atoms with van der Waals surface area (Å²) in [7, 11) is 7.29. The molecular formula is C46H65BO. The van der Waals surface area contributed by atoms with E-state index < -0.39 is 0 Å². The summed E-state index contributed by atoms with van der Waals surface area (Å²) >= 11 is 0. The van der Waals surface area contributed by atoms with E-state index in [-0.39, 0.29) is 11.5 Å². The monoisotopic (exact) mass is 645 g/mol. The van der Waals surface area contributed by atoms with Crippen LogP contribution in [0.1, 0.15) is 88.0 Å². The van der Waals surface area contributed by atoms with E-state index in [0.29, 0.717) is 40.8 Å². The Hall–Kier alpha value is -0.495. The average Bonchev–Trinajstić information content (AvgIpc) is 3.96. The lowest BCUT2D eigenvalue weighted by atomic mass is 9.19. The van der Waals surface area contributed by atoms with Gasteiger partial charge in [-0.1, -0.05) is 85.4 Å². The molecule has 0 aliphatic heterocycles. The minimum Gasteiger partial charge on any atom is -0.392 e. The van der Waals surface area contributed by atoms with Gasteiger partial charge in [0.25, 0.3) is 0 Å². The van der Waals surface area contributed by atoms with Crippen LogP contribution in [0.15, 0.2) is 23.8 Å². The quantitative estimate of drug-likeness (QED) is 0.176. The highest BCUT2D eigenvalue weighted by atomic mass is 16.3. The first kappa shape index (κ1) is 30.0. The number of allylic oxidation sites excluding steroid dienone is 3. The number of fused-ring (bicyclic) bond motifs is 15. The first-order valence-electron chi connectivity index (χ1n) is 21.6. The van der Waals surface area contributed by atoms with Gasteiger partial charge in [0.2, 0.25) is 0 Å². The van der Waals surface area contributed by atoms with Crippen LogP contribution < -0.4 is 0 Å². The van der Waals surface area contributed by atoms with Crippen LogP contribution in [0.3, 0.4) is 0 Å². The molecule has 1 spiro atoms. The molecule has 0 heterocycles. The van der Waals surface area contributed by atoms with E-state index in [1.807, 2.05) is 0 Å². The van der Waals surface area contributed by atoms with Gasteiger partial charge in [-0.2, -0.15) is 0 Å². The lowest BCUT2D eigenvalue weighted by Gasteiger charge is -2.84. The van der Waals surface area contributed by atoms with Gasteiger partial charge in [-0.25, -0.2) is 0 Å². The fraction of sp³-hybridized carbons (Fsp3) is 0.913. The molecule has 0 amide bonds. The van der Waals surface area contributed by atoms with Gasteiger partial charge >= 0.3 is 0 Å². The Morgan fingerprint density at radius 1 is 0.771 bits per heavy atom. The largest absolute Gasteiger partial charge is 0.392 e. The van der Waals surface area contributed by atoms with Crippen molar-refractivity contribution in [1.82, 2.24) is 0 Å². The van der Waals surface area contributed by atoms with Crippen molar-refractivity contribution in [1.29, 1.82) is 0 Å². The maximum Gasteiger partial charge on any atom is 0.0707 e. The van der Waals surface area contributed by atoms with Crippen molar-refractivity contribution in [3.63, 3.8) is 0 Å². The van der Waals surface area contributed by atoms with E-state index in [0.717, 1.165) is 118 Å². The number of hydrogen-bond donors (Lipinski definition) is 1. The molecule has 11 saturated carbocycles. The smallest absolute Gasteiger partial charge is 0.0707 e. The van der Waals surface area contributed by atoms with Gasteiger partial charge in [-0.3, -0.25) is 0 Å². The summed E-state index contributed by atoms with van der Waals surface area (Å²) in [6, 6.07) is 0. The molecule has 48 heavy (non-hydrogen) atoms. The predicted octanol–water partition coefficient (Wildman–Crippen LogP) is 9.44. The lowest BCUT2D eigenvalue weighted by Crippen LogP contribution is -2.79. The Kier molecular flexibility index (Phi) is 5.31. The second-order valence-electron chi connectivity index (χ2n) is 22.7. The summed E-state index contributed by atoms with van der Waals surface area (Å²) in [4.78, 5) is 0. The van der Waals surface area contributed by atoms with E-state index in [1.165, 1.54) is 19.3 Å². The van der Waals surface area contributed by atoms with Crippen LogP contribution in [0.2, 0.25) is 5.82 Å². The normalized spacial score (nSPS) is 64.4. The van der Waals surface area contributed by atoms with Crippen LogP contribution in [-0.4, -0.2) is 19.1 Å². The average molecular weight is 645 g/mol. The van der Waals surface area contributed by atoms with Gasteiger partial charge in [0, 0.05) is 11.3 Å². The van der Waals surface area contributed by atoms with Gasteiger partial charge in [0.05, 0.1) is 14.0 Å². The maximum absolute atomic E-state index is 11.4. The third kappa shape index (κ3) is 2.71. The molecular weight excluding hydrogens is 579 g/mol. The summed E-state index contributed by atoms with van der Waals surface area (Å²) in [6.07, 6.45) is 8.06. The zero-order valence-corrected chi connectivity index (χ0v) is 31.6. The number of rotatable bonds is 11. The fourth-order valence-electron chi connectivity index (χ4n) is 19.3. The summed E-state index contributed by atoms with van der Waals surface area (Å²) in [6.45, 7) is 26.3. The van der Waals surface area contributed by atoms with Crippen LogP contribution in [0.4, 0.5) is 0 Å². The summed E-state index contributed by atoms with van der Waals surface area (Å²) in [5.74, 6) is 22.0. The molecule has 27 atom stereocenters. The number of aliphatic hydroxyl groups is 1. The van der Waals surface area contributed by atoms with Crippen molar-refractivity contribution in [2.75, 3.05) is 0 Å².